The molecule has 0 aromatic carbocycles. The number of fused-ring (bicyclic) bond motifs is 1. The number of piperidine rings is 2. The van der Waals surface area contributed by atoms with Gasteiger partial charge in [0.2, 0.25) is 5.91 Å². The molecule has 3 saturated heterocycles. The Kier molecular flexibility index (Phi) is 3.65. The van der Waals surface area contributed by atoms with Crippen LogP contribution in [-0.2, 0) is 4.79 Å². The molecule has 0 radical (unpaired) electrons. The Hall–Kier alpha value is -1.26. The van der Waals surface area contributed by atoms with Gasteiger partial charge in [-0.2, -0.15) is 0 Å². The van der Waals surface area contributed by atoms with Crippen molar-refractivity contribution in [3.63, 3.8) is 0 Å². The first-order valence-electron chi connectivity index (χ1n) is 8.65. The summed E-state index contributed by atoms with van der Waals surface area (Å²) >= 11 is 0. The average molecular weight is 307 g/mol. The van der Waals surface area contributed by atoms with Crippen molar-refractivity contribution in [3.05, 3.63) is 0 Å². The van der Waals surface area contributed by atoms with Gasteiger partial charge in [-0.25, -0.2) is 4.79 Å². The molecular formula is C17H29N3O2. The van der Waals surface area contributed by atoms with Crippen molar-refractivity contribution in [2.45, 2.75) is 71.0 Å². The van der Waals surface area contributed by atoms with E-state index < -0.39 is 0 Å². The van der Waals surface area contributed by atoms with Crippen LogP contribution in [0.4, 0.5) is 4.79 Å². The highest BCUT2D eigenvalue weighted by molar-refractivity contribution is 5.85. The summed E-state index contributed by atoms with van der Waals surface area (Å²) in [5.41, 5.74) is 5.57. The van der Waals surface area contributed by atoms with Crippen molar-refractivity contribution >= 4 is 11.9 Å². The number of amides is 3. The van der Waals surface area contributed by atoms with Gasteiger partial charge in [-0.3, -0.25) is 4.79 Å². The SMILES string of the molecule is CC(C)CC1(CC(C)C)C2CC3CC(C2C(=O)N3)N1C(N)=O. The Balaban J connectivity index is 2.08. The van der Waals surface area contributed by atoms with Crippen molar-refractivity contribution in [3.8, 4) is 0 Å². The van der Waals surface area contributed by atoms with E-state index in [-0.39, 0.29) is 41.4 Å². The third-order valence-electron chi connectivity index (χ3n) is 5.82. The first kappa shape index (κ1) is 15.6. The fourth-order valence-corrected chi connectivity index (χ4v) is 5.74. The molecule has 1 saturated carbocycles. The van der Waals surface area contributed by atoms with Crippen LogP contribution < -0.4 is 11.1 Å². The maximum Gasteiger partial charge on any atom is 0.315 e. The number of nitrogens with zero attached hydrogens (tertiary/aromatic N) is 1. The third-order valence-corrected chi connectivity index (χ3v) is 5.82. The van der Waals surface area contributed by atoms with Crippen LogP contribution in [0.5, 0.6) is 0 Å². The van der Waals surface area contributed by atoms with E-state index in [9.17, 15) is 9.59 Å². The summed E-state index contributed by atoms with van der Waals surface area (Å²) in [4.78, 5) is 26.7. The Morgan fingerprint density at radius 2 is 1.86 bits per heavy atom. The lowest BCUT2D eigenvalue weighted by molar-refractivity contribution is -0.133. The standard InChI is InChI=1S/C17H29N3O2/c1-9(2)7-17(8-10(3)4)12-5-11-6-13(20(17)16(18)22)14(12)15(21)19-11/h9-14H,5-8H2,1-4H3,(H2,18,22)(H,19,21). The normalized spacial score (nSPS) is 35.4. The zero-order chi connectivity index (χ0) is 16.2. The average Bonchev–Trinajstić information content (AvgIpc) is 2.53. The van der Waals surface area contributed by atoms with Crippen molar-refractivity contribution < 1.29 is 9.59 Å². The molecule has 3 aliphatic heterocycles. The fourth-order valence-electron chi connectivity index (χ4n) is 5.74. The molecule has 4 unspecified atom stereocenters. The van der Waals surface area contributed by atoms with Crippen LogP contribution in [0.25, 0.3) is 0 Å². The summed E-state index contributed by atoms with van der Waals surface area (Å²) in [6.07, 6.45) is 3.74. The number of rotatable bonds is 4. The molecule has 22 heavy (non-hydrogen) atoms. The number of hydrogen-bond donors (Lipinski definition) is 2. The number of nitrogens with one attached hydrogen (secondary N) is 1. The molecule has 0 spiro atoms. The number of urea groups is 1. The van der Waals surface area contributed by atoms with E-state index in [0.717, 1.165) is 25.7 Å². The molecule has 4 fully saturated rings. The van der Waals surface area contributed by atoms with Gasteiger partial charge < -0.3 is 16.0 Å². The van der Waals surface area contributed by atoms with Crippen molar-refractivity contribution in [2.24, 2.45) is 29.4 Å². The summed E-state index contributed by atoms with van der Waals surface area (Å²) in [5.74, 6) is 1.29. The summed E-state index contributed by atoms with van der Waals surface area (Å²) in [5, 5.41) is 3.10. The van der Waals surface area contributed by atoms with E-state index in [1.54, 1.807) is 0 Å². The van der Waals surface area contributed by atoms with Crippen LogP contribution >= 0.6 is 0 Å². The summed E-state index contributed by atoms with van der Waals surface area (Å²) in [6, 6.07) is -0.114. The van der Waals surface area contributed by atoms with Crippen LogP contribution in [0.2, 0.25) is 0 Å². The predicted octanol–water partition coefficient (Wildman–Crippen LogP) is 2.10. The largest absolute Gasteiger partial charge is 0.353 e. The zero-order valence-electron chi connectivity index (χ0n) is 14.1. The second-order valence-electron chi connectivity index (χ2n) is 8.38. The maximum atomic E-state index is 12.5. The minimum absolute atomic E-state index is 0.00694. The maximum absolute atomic E-state index is 12.5. The van der Waals surface area contributed by atoms with Crippen LogP contribution in [0, 0.1) is 23.7 Å². The molecule has 124 valence electrons. The minimum atomic E-state index is -0.339. The number of hydrogen-bond acceptors (Lipinski definition) is 2. The van der Waals surface area contributed by atoms with Crippen LogP contribution in [-0.4, -0.2) is 34.5 Å². The highest BCUT2D eigenvalue weighted by Gasteiger charge is 2.66. The Morgan fingerprint density at radius 1 is 1.27 bits per heavy atom. The van der Waals surface area contributed by atoms with Gasteiger partial charge in [-0.05, 0) is 43.4 Å². The molecule has 3 amide bonds. The molecule has 0 aromatic heterocycles. The number of nitrogens with two attached hydrogens (primary N) is 1. The number of likely N-dealkylation sites (tertiary alicyclic amines) is 1. The monoisotopic (exact) mass is 307 g/mol. The molecule has 4 aliphatic rings. The molecule has 0 aromatic rings. The summed E-state index contributed by atoms with van der Waals surface area (Å²) < 4.78 is 0. The van der Waals surface area contributed by atoms with Gasteiger partial charge in [0.15, 0.2) is 0 Å². The van der Waals surface area contributed by atoms with Gasteiger partial charge in [-0.15, -0.1) is 0 Å². The van der Waals surface area contributed by atoms with Gasteiger partial charge >= 0.3 is 6.03 Å². The molecular weight excluding hydrogens is 278 g/mol. The van der Waals surface area contributed by atoms with Gasteiger partial charge in [0.05, 0.1) is 5.92 Å². The number of primary amides is 1. The van der Waals surface area contributed by atoms with Crippen LogP contribution in [0.15, 0.2) is 0 Å². The fraction of sp³-hybridized carbons (Fsp3) is 0.882. The lowest BCUT2D eigenvalue weighted by atomic mass is 9.63. The third kappa shape index (κ3) is 2.12. The lowest BCUT2D eigenvalue weighted by Gasteiger charge is -2.45. The molecule has 3 N–H and O–H groups in total. The molecule has 4 bridgehead atoms. The summed E-state index contributed by atoms with van der Waals surface area (Å²) in [6.45, 7) is 8.79. The van der Waals surface area contributed by atoms with Gasteiger partial charge in [-0.1, -0.05) is 27.7 Å². The number of carbonyl (C=O) groups is 2. The van der Waals surface area contributed by atoms with Gasteiger partial charge in [0.25, 0.3) is 0 Å². The number of carbonyl (C=O) groups excluding carboxylic acids is 2. The summed E-state index contributed by atoms with van der Waals surface area (Å²) in [7, 11) is 0. The van der Waals surface area contributed by atoms with E-state index in [4.69, 9.17) is 5.73 Å². The van der Waals surface area contributed by atoms with Crippen LogP contribution in [0.1, 0.15) is 53.4 Å². The molecule has 4 rings (SSSR count). The van der Waals surface area contributed by atoms with Crippen molar-refractivity contribution in [2.75, 3.05) is 0 Å². The quantitative estimate of drug-likeness (QED) is 0.834. The molecule has 5 heteroatoms. The first-order chi connectivity index (χ1) is 10.3. The zero-order valence-corrected chi connectivity index (χ0v) is 14.1. The lowest BCUT2D eigenvalue weighted by Crippen LogP contribution is -2.58. The molecule has 1 aliphatic carbocycles. The Morgan fingerprint density at radius 3 is 2.32 bits per heavy atom. The van der Waals surface area contributed by atoms with Crippen molar-refractivity contribution in [1.29, 1.82) is 0 Å². The van der Waals surface area contributed by atoms with Crippen LogP contribution in [0.3, 0.4) is 0 Å². The predicted molar refractivity (Wildman–Crippen MR) is 85.0 cm³/mol. The first-order valence-corrected chi connectivity index (χ1v) is 8.65. The van der Waals surface area contributed by atoms with E-state index >= 15 is 0 Å². The van der Waals surface area contributed by atoms with E-state index in [2.05, 4.69) is 33.0 Å². The second-order valence-corrected chi connectivity index (χ2v) is 8.38. The van der Waals surface area contributed by atoms with Gasteiger partial charge in [0, 0.05) is 17.6 Å². The van der Waals surface area contributed by atoms with Crippen molar-refractivity contribution in [1.82, 2.24) is 10.2 Å². The smallest absolute Gasteiger partial charge is 0.315 e. The highest BCUT2D eigenvalue weighted by atomic mass is 16.2. The molecule has 3 heterocycles. The second kappa shape index (κ2) is 5.14. The Bertz CT molecular complexity index is 478. The van der Waals surface area contributed by atoms with Gasteiger partial charge in [0.1, 0.15) is 0 Å². The Labute approximate surface area is 133 Å². The van der Waals surface area contributed by atoms with E-state index in [0.29, 0.717) is 11.8 Å². The topological polar surface area (TPSA) is 75.4 Å². The molecule has 4 atom stereocenters. The van der Waals surface area contributed by atoms with E-state index in [1.807, 2.05) is 4.90 Å². The highest BCUT2D eigenvalue weighted by Crippen LogP contribution is 2.57. The van der Waals surface area contributed by atoms with E-state index in [1.165, 1.54) is 0 Å². The molecule has 5 nitrogen and oxygen atoms in total. The minimum Gasteiger partial charge on any atom is -0.353 e.